The summed E-state index contributed by atoms with van der Waals surface area (Å²) in [5.41, 5.74) is 12.3. The molecule has 0 atom stereocenters. The Morgan fingerprint density at radius 2 is 2.00 bits per heavy atom. The van der Waals surface area contributed by atoms with Crippen LogP contribution in [0, 0.1) is 20.8 Å². The summed E-state index contributed by atoms with van der Waals surface area (Å²) in [6, 6.07) is 4.27. The van der Waals surface area contributed by atoms with E-state index in [1.807, 2.05) is 6.92 Å². The normalized spacial score (nSPS) is 10.8. The van der Waals surface area contributed by atoms with Gasteiger partial charge in [0.1, 0.15) is 5.75 Å². The Labute approximate surface area is 114 Å². The van der Waals surface area contributed by atoms with Gasteiger partial charge in [0.25, 0.3) is 0 Å². The van der Waals surface area contributed by atoms with Gasteiger partial charge in [-0.2, -0.15) is 5.10 Å². The number of aromatic amines is 1. The Morgan fingerprint density at radius 3 is 2.63 bits per heavy atom. The third-order valence-corrected chi connectivity index (χ3v) is 3.30. The van der Waals surface area contributed by atoms with Crippen LogP contribution < -0.4 is 10.5 Å². The Kier molecular flexibility index (Phi) is 3.90. The molecule has 4 nitrogen and oxygen atoms in total. The van der Waals surface area contributed by atoms with Gasteiger partial charge in [-0.25, -0.2) is 0 Å². The van der Waals surface area contributed by atoms with Crippen molar-refractivity contribution in [1.29, 1.82) is 0 Å². The zero-order chi connectivity index (χ0) is 14.0. The van der Waals surface area contributed by atoms with Crippen LogP contribution >= 0.6 is 0 Å². The number of H-pyrrole nitrogens is 1. The summed E-state index contributed by atoms with van der Waals surface area (Å²) in [5.74, 6) is 0.911. The maximum atomic E-state index is 5.66. The SMILES string of the molecule is COc1c(C)cc(C)cc1-c1c(CCN)n[nH]c1C. The molecule has 19 heavy (non-hydrogen) atoms. The number of hydrogen-bond acceptors (Lipinski definition) is 3. The van der Waals surface area contributed by atoms with Crippen molar-refractivity contribution in [1.82, 2.24) is 10.2 Å². The van der Waals surface area contributed by atoms with E-state index in [1.165, 1.54) is 5.56 Å². The number of aromatic nitrogens is 2. The van der Waals surface area contributed by atoms with Crippen LogP contribution in [0.2, 0.25) is 0 Å². The molecular weight excluding hydrogens is 238 g/mol. The zero-order valence-corrected chi connectivity index (χ0v) is 12.0. The molecule has 2 rings (SSSR count). The summed E-state index contributed by atoms with van der Waals surface area (Å²) in [6.45, 7) is 6.77. The maximum Gasteiger partial charge on any atom is 0.129 e. The van der Waals surface area contributed by atoms with Crippen molar-refractivity contribution in [2.24, 2.45) is 5.73 Å². The first kappa shape index (κ1) is 13.6. The van der Waals surface area contributed by atoms with E-state index in [0.29, 0.717) is 6.54 Å². The van der Waals surface area contributed by atoms with E-state index in [1.54, 1.807) is 7.11 Å². The van der Waals surface area contributed by atoms with Crippen molar-refractivity contribution >= 4 is 0 Å². The summed E-state index contributed by atoms with van der Waals surface area (Å²) in [7, 11) is 1.71. The predicted octanol–water partition coefficient (Wildman–Crippen LogP) is 2.51. The van der Waals surface area contributed by atoms with Crippen LogP contribution in [0.1, 0.15) is 22.5 Å². The molecular formula is C15H21N3O. The van der Waals surface area contributed by atoms with Gasteiger partial charge >= 0.3 is 0 Å². The second-order valence-electron chi connectivity index (χ2n) is 4.87. The second-order valence-corrected chi connectivity index (χ2v) is 4.87. The summed E-state index contributed by atoms with van der Waals surface area (Å²) < 4.78 is 5.57. The summed E-state index contributed by atoms with van der Waals surface area (Å²) in [5, 5.41) is 7.41. The lowest BCUT2D eigenvalue weighted by Crippen LogP contribution is -2.04. The van der Waals surface area contributed by atoms with E-state index in [9.17, 15) is 0 Å². The van der Waals surface area contributed by atoms with Crippen molar-refractivity contribution in [3.8, 4) is 16.9 Å². The molecule has 0 fully saturated rings. The summed E-state index contributed by atoms with van der Waals surface area (Å²) in [6.07, 6.45) is 0.760. The monoisotopic (exact) mass is 259 g/mol. The molecule has 0 aliphatic rings. The van der Waals surface area contributed by atoms with Crippen molar-refractivity contribution in [2.75, 3.05) is 13.7 Å². The smallest absolute Gasteiger partial charge is 0.129 e. The molecule has 3 N–H and O–H groups in total. The lowest BCUT2D eigenvalue weighted by Gasteiger charge is -2.13. The Balaban J connectivity index is 2.67. The topological polar surface area (TPSA) is 63.9 Å². The van der Waals surface area contributed by atoms with Crippen LogP contribution in [0.4, 0.5) is 0 Å². The van der Waals surface area contributed by atoms with Crippen molar-refractivity contribution < 1.29 is 4.74 Å². The number of nitrogens with two attached hydrogens (primary N) is 1. The zero-order valence-electron chi connectivity index (χ0n) is 12.0. The molecule has 0 aliphatic carbocycles. The maximum absolute atomic E-state index is 5.66. The highest BCUT2D eigenvalue weighted by molar-refractivity contribution is 5.76. The molecule has 0 amide bonds. The number of nitrogens with one attached hydrogen (secondary N) is 1. The van der Waals surface area contributed by atoms with Gasteiger partial charge in [-0.05, 0) is 44.5 Å². The highest BCUT2D eigenvalue weighted by Crippen LogP contribution is 2.37. The molecule has 1 aromatic heterocycles. The van der Waals surface area contributed by atoms with Gasteiger partial charge in [0, 0.05) is 23.2 Å². The fourth-order valence-corrected chi connectivity index (χ4v) is 2.57. The third kappa shape index (κ3) is 2.49. The molecule has 0 unspecified atom stereocenters. The van der Waals surface area contributed by atoms with Gasteiger partial charge in [0.05, 0.1) is 12.8 Å². The summed E-state index contributed by atoms with van der Waals surface area (Å²) >= 11 is 0. The third-order valence-electron chi connectivity index (χ3n) is 3.30. The van der Waals surface area contributed by atoms with Crippen molar-refractivity contribution in [3.05, 3.63) is 34.6 Å². The number of rotatable bonds is 4. The highest BCUT2D eigenvalue weighted by atomic mass is 16.5. The number of nitrogens with zero attached hydrogens (tertiary/aromatic N) is 1. The van der Waals surface area contributed by atoms with Gasteiger partial charge in [0.2, 0.25) is 0 Å². The number of methoxy groups -OCH3 is 1. The van der Waals surface area contributed by atoms with Gasteiger partial charge in [-0.15, -0.1) is 0 Å². The van der Waals surface area contributed by atoms with Crippen LogP contribution in [-0.4, -0.2) is 23.9 Å². The van der Waals surface area contributed by atoms with Gasteiger partial charge in [0.15, 0.2) is 0 Å². The molecule has 102 valence electrons. The molecule has 0 radical (unpaired) electrons. The molecule has 0 aliphatic heterocycles. The largest absolute Gasteiger partial charge is 0.496 e. The van der Waals surface area contributed by atoms with Crippen LogP contribution in [0.15, 0.2) is 12.1 Å². The summed E-state index contributed by atoms with van der Waals surface area (Å²) in [4.78, 5) is 0. The first-order valence-corrected chi connectivity index (χ1v) is 6.48. The lowest BCUT2D eigenvalue weighted by atomic mass is 9.96. The Hall–Kier alpha value is -1.81. The van der Waals surface area contributed by atoms with Gasteiger partial charge in [-0.1, -0.05) is 6.07 Å². The minimum absolute atomic E-state index is 0.588. The van der Waals surface area contributed by atoms with Crippen LogP contribution in [0.3, 0.4) is 0 Å². The number of hydrogen-bond donors (Lipinski definition) is 2. The average Bonchev–Trinajstić information content (AvgIpc) is 2.70. The van der Waals surface area contributed by atoms with Crippen molar-refractivity contribution in [3.63, 3.8) is 0 Å². The average molecular weight is 259 g/mol. The van der Waals surface area contributed by atoms with E-state index >= 15 is 0 Å². The van der Waals surface area contributed by atoms with Crippen LogP contribution in [-0.2, 0) is 6.42 Å². The number of benzene rings is 1. The molecule has 0 bridgehead atoms. The van der Waals surface area contributed by atoms with Crippen molar-refractivity contribution in [2.45, 2.75) is 27.2 Å². The predicted molar refractivity (Wildman–Crippen MR) is 77.5 cm³/mol. The Morgan fingerprint density at radius 1 is 1.26 bits per heavy atom. The van der Waals surface area contributed by atoms with Crippen LogP contribution in [0.5, 0.6) is 5.75 Å². The van der Waals surface area contributed by atoms with E-state index in [2.05, 4.69) is 36.2 Å². The van der Waals surface area contributed by atoms with E-state index in [0.717, 1.165) is 40.2 Å². The van der Waals surface area contributed by atoms with E-state index < -0.39 is 0 Å². The second kappa shape index (κ2) is 5.45. The quantitative estimate of drug-likeness (QED) is 0.886. The molecule has 0 saturated carbocycles. The fraction of sp³-hybridized carbons (Fsp3) is 0.400. The fourth-order valence-electron chi connectivity index (χ4n) is 2.57. The molecule has 4 heteroatoms. The molecule has 0 spiro atoms. The molecule has 1 heterocycles. The number of ether oxygens (including phenoxy) is 1. The van der Waals surface area contributed by atoms with E-state index in [4.69, 9.17) is 10.5 Å². The number of aryl methyl sites for hydroxylation is 3. The standard InChI is InChI=1S/C15H21N3O/c1-9-7-10(2)15(19-4)12(8-9)14-11(3)17-18-13(14)5-6-16/h7-8H,5-6,16H2,1-4H3,(H,17,18). The molecule has 1 aromatic carbocycles. The first-order chi connectivity index (χ1) is 9.08. The Bertz CT molecular complexity index is 587. The van der Waals surface area contributed by atoms with E-state index in [-0.39, 0.29) is 0 Å². The van der Waals surface area contributed by atoms with Crippen LogP contribution in [0.25, 0.3) is 11.1 Å². The lowest BCUT2D eigenvalue weighted by molar-refractivity contribution is 0.413. The highest BCUT2D eigenvalue weighted by Gasteiger charge is 2.17. The molecule has 2 aromatic rings. The minimum Gasteiger partial charge on any atom is -0.496 e. The molecule has 0 saturated heterocycles. The minimum atomic E-state index is 0.588. The first-order valence-electron chi connectivity index (χ1n) is 6.48. The van der Waals surface area contributed by atoms with Gasteiger partial charge < -0.3 is 10.5 Å². The van der Waals surface area contributed by atoms with Gasteiger partial charge in [-0.3, -0.25) is 5.10 Å².